The number of hydrogen-bond donors (Lipinski definition) is 2. The van der Waals surface area contributed by atoms with Gasteiger partial charge in [-0.1, -0.05) is 12.1 Å². The minimum Gasteiger partial charge on any atom is -0.349 e. The SMILES string of the molecule is NCc1ccc(C(=O)NC2CCC(C(F)(F)F)CC2)cc1. The first-order valence-electron chi connectivity index (χ1n) is 7.06. The highest BCUT2D eigenvalue weighted by atomic mass is 19.4. The lowest BCUT2D eigenvalue weighted by Gasteiger charge is -2.30. The first-order chi connectivity index (χ1) is 9.90. The van der Waals surface area contributed by atoms with Crippen LogP contribution < -0.4 is 11.1 Å². The van der Waals surface area contributed by atoms with Crippen LogP contribution in [0.4, 0.5) is 13.2 Å². The molecule has 21 heavy (non-hydrogen) atoms. The van der Waals surface area contributed by atoms with E-state index in [2.05, 4.69) is 5.32 Å². The number of carbonyl (C=O) groups is 1. The number of amides is 1. The third-order valence-electron chi connectivity index (χ3n) is 3.98. The van der Waals surface area contributed by atoms with Gasteiger partial charge in [-0.15, -0.1) is 0 Å². The summed E-state index contributed by atoms with van der Waals surface area (Å²) < 4.78 is 37.7. The van der Waals surface area contributed by atoms with Crippen molar-refractivity contribution in [3.63, 3.8) is 0 Å². The van der Waals surface area contributed by atoms with E-state index in [1.54, 1.807) is 24.3 Å². The Hall–Kier alpha value is -1.56. The van der Waals surface area contributed by atoms with Gasteiger partial charge in [0.25, 0.3) is 5.91 Å². The van der Waals surface area contributed by atoms with Gasteiger partial charge < -0.3 is 11.1 Å². The van der Waals surface area contributed by atoms with Crippen LogP contribution in [0.3, 0.4) is 0 Å². The second-order valence-electron chi connectivity index (χ2n) is 5.46. The van der Waals surface area contributed by atoms with Crippen molar-refractivity contribution in [2.24, 2.45) is 11.7 Å². The molecule has 3 nitrogen and oxygen atoms in total. The topological polar surface area (TPSA) is 55.1 Å². The Balaban J connectivity index is 1.86. The van der Waals surface area contributed by atoms with E-state index in [9.17, 15) is 18.0 Å². The predicted octanol–water partition coefficient (Wildman–Crippen LogP) is 3.00. The van der Waals surface area contributed by atoms with Crippen molar-refractivity contribution < 1.29 is 18.0 Å². The zero-order chi connectivity index (χ0) is 15.5. The van der Waals surface area contributed by atoms with Crippen LogP contribution >= 0.6 is 0 Å². The smallest absolute Gasteiger partial charge is 0.349 e. The van der Waals surface area contributed by atoms with Crippen LogP contribution in [0, 0.1) is 5.92 Å². The van der Waals surface area contributed by atoms with E-state index >= 15 is 0 Å². The molecule has 1 fully saturated rings. The molecule has 0 radical (unpaired) electrons. The minimum atomic E-state index is -4.12. The molecule has 0 aromatic heterocycles. The van der Waals surface area contributed by atoms with Gasteiger partial charge in [-0.05, 0) is 43.4 Å². The summed E-state index contributed by atoms with van der Waals surface area (Å²) in [6.45, 7) is 0.406. The average molecular weight is 300 g/mol. The molecule has 116 valence electrons. The summed E-state index contributed by atoms with van der Waals surface area (Å²) in [6, 6.07) is 6.73. The van der Waals surface area contributed by atoms with Gasteiger partial charge in [-0.3, -0.25) is 4.79 Å². The van der Waals surface area contributed by atoms with Crippen molar-refractivity contribution in [3.8, 4) is 0 Å². The monoisotopic (exact) mass is 300 g/mol. The van der Waals surface area contributed by atoms with Gasteiger partial charge in [0.05, 0.1) is 5.92 Å². The first kappa shape index (κ1) is 15.8. The molecule has 0 atom stereocenters. The largest absolute Gasteiger partial charge is 0.391 e. The summed E-state index contributed by atoms with van der Waals surface area (Å²) >= 11 is 0. The van der Waals surface area contributed by atoms with E-state index < -0.39 is 12.1 Å². The summed E-state index contributed by atoms with van der Waals surface area (Å²) in [5.74, 6) is -1.47. The summed E-state index contributed by atoms with van der Waals surface area (Å²) in [6.07, 6.45) is -3.21. The normalized spacial score (nSPS) is 22.9. The van der Waals surface area contributed by atoms with Gasteiger partial charge >= 0.3 is 6.18 Å². The number of hydrogen-bond acceptors (Lipinski definition) is 2. The van der Waals surface area contributed by atoms with Crippen LogP contribution in [0.15, 0.2) is 24.3 Å². The van der Waals surface area contributed by atoms with Crippen molar-refractivity contribution >= 4 is 5.91 Å². The Morgan fingerprint density at radius 1 is 1.14 bits per heavy atom. The predicted molar refractivity (Wildman–Crippen MR) is 73.6 cm³/mol. The molecule has 0 unspecified atom stereocenters. The van der Waals surface area contributed by atoms with Crippen LogP contribution in [0.1, 0.15) is 41.6 Å². The fraction of sp³-hybridized carbons (Fsp3) is 0.533. The van der Waals surface area contributed by atoms with Crippen molar-refractivity contribution in [1.82, 2.24) is 5.32 Å². The van der Waals surface area contributed by atoms with Gasteiger partial charge in [0.15, 0.2) is 0 Å². The molecule has 0 bridgehead atoms. The van der Waals surface area contributed by atoms with Crippen LogP contribution in [0.25, 0.3) is 0 Å². The number of carbonyl (C=O) groups excluding carboxylic acids is 1. The quantitative estimate of drug-likeness (QED) is 0.901. The van der Waals surface area contributed by atoms with Crippen molar-refractivity contribution in [2.75, 3.05) is 0 Å². The fourth-order valence-corrected chi connectivity index (χ4v) is 2.63. The lowest BCUT2D eigenvalue weighted by Crippen LogP contribution is -2.40. The maximum Gasteiger partial charge on any atom is 0.391 e. The van der Waals surface area contributed by atoms with E-state index in [1.807, 2.05) is 0 Å². The molecule has 2 rings (SSSR count). The Bertz CT molecular complexity index is 477. The third-order valence-corrected chi connectivity index (χ3v) is 3.98. The van der Waals surface area contributed by atoms with E-state index in [1.165, 1.54) is 0 Å². The molecule has 1 aliphatic carbocycles. The van der Waals surface area contributed by atoms with Crippen molar-refractivity contribution in [3.05, 3.63) is 35.4 Å². The molecular formula is C15H19F3N2O. The maximum atomic E-state index is 12.6. The van der Waals surface area contributed by atoms with Crippen LogP contribution in [-0.4, -0.2) is 18.1 Å². The van der Waals surface area contributed by atoms with Gasteiger partial charge in [0, 0.05) is 18.2 Å². The zero-order valence-electron chi connectivity index (χ0n) is 11.6. The summed E-state index contributed by atoms with van der Waals surface area (Å²) in [7, 11) is 0. The Labute approximate surface area is 121 Å². The lowest BCUT2D eigenvalue weighted by molar-refractivity contribution is -0.182. The van der Waals surface area contributed by atoms with E-state index in [0.717, 1.165) is 5.56 Å². The summed E-state index contributed by atoms with van der Waals surface area (Å²) in [4.78, 5) is 12.0. The molecule has 0 aliphatic heterocycles. The third kappa shape index (κ3) is 4.20. The highest BCUT2D eigenvalue weighted by Gasteiger charge is 2.41. The van der Waals surface area contributed by atoms with Crippen molar-refractivity contribution in [1.29, 1.82) is 0 Å². The number of alkyl halides is 3. The number of halogens is 3. The number of nitrogens with two attached hydrogens (primary N) is 1. The zero-order valence-corrected chi connectivity index (χ0v) is 11.6. The van der Waals surface area contributed by atoms with Gasteiger partial charge in [0.1, 0.15) is 0 Å². The van der Waals surface area contributed by atoms with E-state index in [4.69, 9.17) is 5.73 Å². The summed E-state index contributed by atoms with van der Waals surface area (Å²) in [5.41, 5.74) is 6.91. The van der Waals surface area contributed by atoms with E-state index in [-0.39, 0.29) is 24.8 Å². The molecule has 1 amide bonds. The van der Waals surface area contributed by atoms with Crippen molar-refractivity contribution in [2.45, 2.75) is 44.4 Å². The molecular weight excluding hydrogens is 281 g/mol. The van der Waals surface area contributed by atoms with Crippen LogP contribution in [0.5, 0.6) is 0 Å². The molecule has 1 aromatic carbocycles. The highest BCUT2D eigenvalue weighted by molar-refractivity contribution is 5.94. The molecule has 1 aliphatic rings. The second kappa shape index (κ2) is 6.47. The van der Waals surface area contributed by atoms with Gasteiger partial charge in [-0.25, -0.2) is 0 Å². The minimum absolute atomic E-state index is 0.0839. The average Bonchev–Trinajstić information content (AvgIpc) is 2.47. The van der Waals surface area contributed by atoms with Gasteiger partial charge in [0.2, 0.25) is 0 Å². The Morgan fingerprint density at radius 2 is 1.71 bits per heavy atom. The van der Waals surface area contributed by atoms with Gasteiger partial charge in [-0.2, -0.15) is 13.2 Å². The second-order valence-corrected chi connectivity index (χ2v) is 5.46. The number of nitrogens with one attached hydrogen (secondary N) is 1. The number of rotatable bonds is 3. The maximum absolute atomic E-state index is 12.6. The molecule has 0 spiro atoms. The van der Waals surface area contributed by atoms with Crippen LogP contribution in [-0.2, 0) is 6.54 Å². The molecule has 1 saturated carbocycles. The molecule has 6 heteroatoms. The number of benzene rings is 1. The lowest BCUT2D eigenvalue weighted by atomic mass is 9.85. The molecule has 0 saturated heterocycles. The van der Waals surface area contributed by atoms with E-state index in [0.29, 0.717) is 24.9 Å². The standard InChI is InChI=1S/C15H19F3N2O/c16-15(17,18)12-5-7-13(8-6-12)20-14(21)11-3-1-10(9-19)2-4-11/h1-4,12-13H,5-9,19H2,(H,20,21). The first-order valence-corrected chi connectivity index (χ1v) is 7.06. The molecule has 1 aromatic rings. The Kier molecular flexibility index (Phi) is 4.88. The summed E-state index contributed by atoms with van der Waals surface area (Å²) in [5, 5.41) is 2.81. The Morgan fingerprint density at radius 3 is 2.19 bits per heavy atom. The highest BCUT2D eigenvalue weighted by Crippen LogP contribution is 2.37. The molecule has 0 heterocycles. The molecule has 3 N–H and O–H groups in total. The fourth-order valence-electron chi connectivity index (χ4n) is 2.63. The van der Waals surface area contributed by atoms with Crippen LogP contribution in [0.2, 0.25) is 0 Å².